The number of aliphatic hydroxyl groups is 1. The lowest BCUT2D eigenvalue weighted by Gasteiger charge is -2.44. The Morgan fingerprint density at radius 1 is 1.18 bits per heavy atom. The number of nitrogens with one attached hydrogen (secondary N) is 1. The van der Waals surface area contributed by atoms with Crippen molar-refractivity contribution in [3.63, 3.8) is 0 Å². The maximum atomic E-state index is 13.0. The second-order valence-corrected chi connectivity index (χ2v) is 8.29. The van der Waals surface area contributed by atoms with Gasteiger partial charge in [-0.05, 0) is 12.8 Å². The number of halogens is 3. The molecule has 34 heavy (non-hydrogen) atoms. The molecule has 1 aliphatic heterocycles. The van der Waals surface area contributed by atoms with Gasteiger partial charge in [0, 0.05) is 20.8 Å². The van der Waals surface area contributed by atoms with Crippen molar-refractivity contribution in [3.05, 3.63) is 12.7 Å². The van der Waals surface area contributed by atoms with E-state index >= 15 is 0 Å². The molecule has 1 heterocycles. The van der Waals surface area contributed by atoms with E-state index in [1.165, 1.54) is 19.6 Å². The van der Waals surface area contributed by atoms with Crippen LogP contribution in [0.1, 0.15) is 51.9 Å². The lowest BCUT2D eigenvalue weighted by molar-refractivity contribution is -0.277. The first kappa shape index (κ1) is 30.8. The number of carbonyl (C=O) groups excluding carboxylic acids is 1. The van der Waals surface area contributed by atoms with E-state index in [1.807, 2.05) is 5.32 Å². The second kappa shape index (κ2) is 16.4. The molecular formula is C23H40F3NO7. The Bertz CT molecular complexity index is 579. The number of alkyl halides is 3. The molecule has 1 saturated heterocycles. The molecule has 1 rings (SSSR count). The summed E-state index contributed by atoms with van der Waals surface area (Å²) in [5.74, 6) is -2.18. The first-order valence-corrected chi connectivity index (χ1v) is 11.8. The van der Waals surface area contributed by atoms with Crippen molar-refractivity contribution in [2.45, 2.75) is 94.8 Å². The zero-order valence-electron chi connectivity index (χ0n) is 20.4. The fraction of sp³-hybridized carbons (Fsp3) is 0.870. The van der Waals surface area contributed by atoms with Crippen LogP contribution >= 0.6 is 0 Å². The largest absolute Gasteiger partial charge is 0.471 e. The van der Waals surface area contributed by atoms with Crippen LogP contribution in [0.4, 0.5) is 13.2 Å². The van der Waals surface area contributed by atoms with Gasteiger partial charge in [0.05, 0.1) is 19.3 Å². The molecule has 2 N–H and O–H groups in total. The predicted octanol–water partition coefficient (Wildman–Crippen LogP) is 3.12. The van der Waals surface area contributed by atoms with Gasteiger partial charge in [-0.3, -0.25) is 4.79 Å². The normalized spacial score (nSPS) is 26.3. The number of carbonyl (C=O) groups is 1. The summed E-state index contributed by atoms with van der Waals surface area (Å²) in [5.41, 5.74) is 0. The Balaban J connectivity index is 2.88. The molecule has 200 valence electrons. The van der Waals surface area contributed by atoms with Gasteiger partial charge in [0.25, 0.3) is 0 Å². The third-order valence-electron chi connectivity index (χ3n) is 5.65. The average Bonchev–Trinajstić information content (AvgIpc) is 2.79. The van der Waals surface area contributed by atoms with E-state index < -0.39 is 42.7 Å². The molecule has 0 aliphatic carbocycles. The molecule has 0 saturated carbocycles. The van der Waals surface area contributed by atoms with Crippen LogP contribution in [-0.2, 0) is 28.5 Å². The molecule has 0 spiro atoms. The smallest absolute Gasteiger partial charge is 0.388 e. The Morgan fingerprint density at radius 3 is 2.47 bits per heavy atom. The molecule has 0 aromatic carbocycles. The van der Waals surface area contributed by atoms with Gasteiger partial charge in [0.15, 0.2) is 6.29 Å². The molecule has 1 unspecified atom stereocenters. The van der Waals surface area contributed by atoms with Crippen molar-refractivity contribution in [3.8, 4) is 0 Å². The van der Waals surface area contributed by atoms with Gasteiger partial charge < -0.3 is 34.1 Å². The van der Waals surface area contributed by atoms with E-state index in [2.05, 4.69) is 13.5 Å². The monoisotopic (exact) mass is 499 g/mol. The van der Waals surface area contributed by atoms with E-state index in [1.54, 1.807) is 7.11 Å². The number of ether oxygens (including phenoxy) is 5. The van der Waals surface area contributed by atoms with Crippen LogP contribution in [0, 0.1) is 0 Å². The Kier molecular flexibility index (Phi) is 14.9. The van der Waals surface area contributed by atoms with Crippen LogP contribution < -0.4 is 5.32 Å². The molecule has 1 amide bonds. The highest BCUT2D eigenvalue weighted by atomic mass is 19.4. The Hall–Kier alpha value is -1.24. The Morgan fingerprint density at radius 2 is 1.88 bits per heavy atom. The number of hydrogen-bond donors (Lipinski definition) is 2. The van der Waals surface area contributed by atoms with Gasteiger partial charge in [-0.2, -0.15) is 13.2 Å². The molecule has 0 radical (unpaired) electrons. The highest BCUT2D eigenvalue weighted by molar-refractivity contribution is 5.82. The van der Waals surface area contributed by atoms with E-state index in [0.29, 0.717) is 6.42 Å². The summed E-state index contributed by atoms with van der Waals surface area (Å²) in [6.45, 7) is 5.66. The standard InChI is InChI=1S/C23H40F3NO7/c1-5-7-8-9-10-11-16(31-4)12-14-32-20-18(27-22(29)23(24,25)26)21(33-13-6-2)34-17(15-30-3)19(20)28/h6,16-21,28H,2,5,7-15H2,1,3-4H3,(H,27,29)/t16-,17-,18-,19-,20?,21+/m1/s1. The summed E-state index contributed by atoms with van der Waals surface area (Å²) in [5, 5.41) is 12.6. The van der Waals surface area contributed by atoms with E-state index in [9.17, 15) is 23.1 Å². The van der Waals surface area contributed by atoms with Gasteiger partial charge in [0.2, 0.25) is 0 Å². The first-order valence-electron chi connectivity index (χ1n) is 11.8. The van der Waals surface area contributed by atoms with Gasteiger partial charge in [-0.15, -0.1) is 6.58 Å². The minimum atomic E-state index is -5.12. The van der Waals surface area contributed by atoms with Crippen molar-refractivity contribution in [1.82, 2.24) is 5.32 Å². The van der Waals surface area contributed by atoms with Gasteiger partial charge in [-0.1, -0.05) is 45.1 Å². The van der Waals surface area contributed by atoms with Crippen LogP contribution in [0.5, 0.6) is 0 Å². The van der Waals surface area contributed by atoms with Crippen LogP contribution in [0.25, 0.3) is 0 Å². The van der Waals surface area contributed by atoms with Crippen molar-refractivity contribution in [2.24, 2.45) is 0 Å². The highest BCUT2D eigenvalue weighted by Crippen LogP contribution is 2.27. The zero-order chi connectivity index (χ0) is 25.6. The van der Waals surface area contributed by atoms with Crippen LogP contribution in [0.15, 0.2) is 12.7 Å². The summed E-state index contributed by atoms with van der Waals surface area (Å²) >= 11 is 0. The number of unbranched alkanes of at least 4 members (excludes halogenated alkanes) is 4. The van der Waals surface area contributed by atoms with Crippen molar-refractivity contribution in [1.29, 1.82) is 0 Å². The molecule has 1 fully saturated rings. The molecule has 0 aromatic heterocycles. The van der Waals surface area contributed by atoms with Crippen LogP contribution in [0.3, 0.4) is 0 Å². The maximum absolute atomic E-state index is 13.0. The lowest BCUT2D eigenvalue weighted by Crippen LogP contribution is -2.66. The molecular weight excluding hydrogens is 459 g/mol. The van der Waals surface area contributed by atoms with E-state index in [-0.39, 0.29) is 25.9 Å². The SMILES string of the molecule is C=CCO[C@H]1O[C@H](COC)[C@@H](O)C(OCC[C@@H](CCCCCCC)OC)[C@H]1NC(=O)C(F)(F)F. The summed E-state index contributed by atoms with van der Waals surface area (Å²) in [7, 11) is 2.99. The number of hydrogen-bond acceptors (Lipinski definition) is 7. The molecule has 0 bridgehead atoms. The topological polar surface area (TPSA) is 95.5 Å². The average molecular weight is 500 g/mol. The molecule has 8 nitrogen and oxygen atoms in total. The highest BCUT2D eigenvalue weighted by Gasteiger charge is 2.50. The third-order valence-corrected chi connectivity index (χ3v) is 5.65. The number of rotatable bonds is 17. The Labute approximate surface area is 200 Å². The molecule has 6 atom stereocenters. The van der Waals surface area contributed by atoms with Crippen LogP contribution in [0.2, 0.25) is 0 Å². The summed E-state index contributed by atoms with van der Waals surface area (Å²) in [4.78, 5) is 11.7. The fourth-order valence-corrected chi connectivity index (χ4v) is 3.80. The van der Waals surface area contributed by atoms with Gasteiger partial charge in [-0.25, -0.2) is 0 Å². The minimum absolute atomic E-state index is 0.0463. The summed E-state index contributed by atoms with van der Waals surface area (Å²) in [6, 6.07) is -1.41. The number of aliphatic hydroxyl groups excluding tert-OH is 1. The van der Waals surface area contributed by atoms with Crippen LogP contribution in [-0.4, -0.2) is 88.0 Å². The predicted molar refractivity (Wildman–Crippen MR) is 119 cm³/mol. The van der Waals surface area contributed by atoms with E-state index in [0.717, 1.165) is 32.1 Å². The first-order chi connectivity index (χ1) is 16.2. The summed E-state index contributed by atoms with van der Waals surface area (Å²) < 4.78 is 66.3. The molecule has 0 aromatic rings. The summed E-state index contributed by atoms with van der Waals surface area (Å²) in [6.07, 6.45) is -1.77. The lowest BCUT2D eigenvalue weighted by atomic mass is 9.96. The minimum Gasteiger partial charge on any atom is -0.388 e. The zero-order valence-corrected chi connectivity index (χ0v) is 20.4. The number of methoxy groups -OCH3 is 2. The maximum Gasteiger partial charge on any atom is 0.471 e. The third kappa shape index (κ3) is 10.6. The van der Waals surface area contributed by atoms with Crippen molar-refractivity contribution >= 4 is 5.91 Å². The van der Waals surface area contributed by atoms with Crippen molar-refractivity contribution < 1.29 is 46.8 Å². The second-order valence-electron chi connectivity index (χ2n) is 8.29. The quantitative estimate of drug-likeness (QED) is 0.235. The van der Waals surface area contributed by atoms with E-state index in [4.69, 9.17) is 23.7 Å². The van der Waals surface area contributed by atoms with Gasteiger partial charge in [0.1, 0.15) is 24.4 Å². The van der Waals surface area contributed by atoms with Crippen molar-refractivity contribution in [2.75, 3.05) is 34.0 Å². The van der Waals surface area contributed by atoms with Gasteiger partial charge >= 0.3 is 12.1 Å². The molecule has 1 aliphatic rings. The molecule has 11 heteroatoms. The number of amides is 1. The fourth-order valence-electron chi connectivity index (χ4n) is 3.80.